The van der Waals surface area contributed by atoms with Crippen molar-refractivity contribution in [1.82, 2.24) is 25.4 Å². The molecule has 1 N–H and O–H groups in total. The highest BCUT2D eigenvalue weighted by molar-refractivity contribution is 8.18. The first-order chi connectivity index (χ1) is 17.4. The first kappa shape index (κ1) is 23.8. The van der Waals surface area contributed by atoms with E-state index in [1.54, 1.807) is 30.3 Å². The van der Waals surface area contributed by atoms with Crippen molar-refractivity contribution < 1.29 is 23.6 Å². The van der Waals surface area contributed by atoms with Crippen LogP contribution in [-0.4, -0.2) is 50.4 Å². The number of benzene rings is 1. The number of hydrogen-bond acceptors (Lipinski definition) is 11. The molecule has 2 amide bonds. The second-order valence-electron chi connectivity index (χ2n) is 8.62. The number of piperidine rings is 1. The maximum absolute atomic E-state index is 11.8. The molecule has 4 heterocycles. The molecule has 2 aliphatic heterocycles. The summed E-state index contributed by atoms with van der Waals surface area (Å²) in [6.07, 6.45) is 4.58. The molecule has 2 aliphatic rings. The number of hydrogen-bond donors (Lipinski definition) is 1. The number of carbonyl (C=O) groups excluding carboxylic acids is 2. The largest absolute Gasteiger partial charge is 0.474 e. The summed E-state index contributed by atoms with van der Waals surface area (Å²) in [6, 6.07) is 9.32. The van der Waals surface area contributed by atoms with Crippen LogP contribution in [0.4, 0.5) is 10.8 Å². The molecule has 3 aromatic rings. The molecule has 0 radical (unpaired) electrons. The molecule has 0 bridgehead atoms. The lowest BCUT2D eigenvalue weighted by Gasteiger charge is -2.30. The van der Waals surface area contributed by atoms with Crippen LogP contribution in [0, 0.1) is 0 Å². The summed E-state index contributed by atoms with van der Waals surface area (Å²) >= 11 is 0.866. The number of thioether (sulfide) groups is 1. The predicted octanol–water partition coefficient (Wildman–Crippen LogP) is 4.15. The SMILES string of the molecule is CC(C)c1noc(N2CCC(Oc3cc(Oc4cccc(C=C5SC(=O)NC5=O)c4)ncn3)CC2)n1. The Morgan fingerprint density at radius 2 is 1.97 bits per heavy atom. The topological polar surface area (TPSA) is 133 Å². The Labute approximate surface area is 211 Å². The van der Waals surface area contributed by atoms with Gasteiger partial charge in [-0.05, 0) is 35.5 Å². The number of anilines is 1. The Hall–Kier alpha value is -3.93. The lowest BCUT2D eigenvalue weighted by atomic mass is 10.1. The molecule has 2 aromatic heterocycles. The van der Waals surface area contributed by atoms with E-state index in [1.165, 1.54) is 6.33 Å². The Kier molecular flexibility index (Phi) is 6.85. The van der Waals surface area contributed by atoms with E-state index < -0.39 is 5.91 Å². The zero-order valence-corrected chi connectivity index (χ0v) is 20.5. The molecule has 11 nitrogen and oxygen atoms in total. The lowest BCUT2D eigenvalue weighted by Crippen LogP contribution is -2.38. The van der Waals surface area contributed by atoms with Crippen LogP contribution < -0.4 is 19.7 Å². The highest BCUT2D eigenvalue weighted by atomic mass is 32.2. The minimum atomic E-state index is -0.405. The number of carbonyl (C=O) groups is 2. The van der Waals surface area contributed by atoms with Gasteiger partial charge in [-0.25, -0.2) is 9.97 Å². The third-order valence-electron chi connectivity index (χ3n) is 5.58. The van der Waals surface area contributed by atoms with Gasteiger partial charge < -0.3 is 18.9 Å². The van der Waals surface area contributed by atoms with Gasteiger partial charge in [0, 0.05) is 31.8 Å². The number of amides is 2. The van der Waals surface area contributed by atoms with Crippen LogP contribution in [0.2, 0.25) is 0 Å². The molecule has 0 saturated carbocycles. The summed E-state index contributed by atoms with van der Waals surface area (Å²) < 4.78 is 17.4. The normalized spacial score (nSPS) is 17.6. The van der Waals surface area contributed by atoms with Crippen LogP contribution in [0.5, 0.6) is 17.5 Å². The van der Waals surface area contributed by atoms with Crippen LogP contribution in [0.25, 0.3) is 6.08 Å². The van der Waals surface area contributed by atoms with E-state index in [1.807, 2.05) is 19.9 Å². The van der Waals surface area contributed by atoms with Gasteiger partial charge in [0.2, 0.25) is 11.8 Å². The fourth-order valence-corrected chi connectivity index (χ4v) is 4.41. The Balaban J connectivity index is 1.18. The van der Waals surface area contributed by atoms with Crippen molar-refractivity contribution in [2.45, 2.75) is 38.7 Å². The van der Waals surface area contributed by atoms with Crippen molar-refractivity contribution in [3.05, 3.63) is 53.0 Å². The van der Waals surface area contributed by atoms with E-state index in [4.69, 9.17) is 14.0 Å². The Morgan fingerprint density at radius 3 is 2.69 bits per heavy atom. The Bertz CT molecular complexity index is 1300. The van der Waals surface area contributed by atoms with Crippen LogP contribution in [0.1, 0.15) is 44.0 Å². The molecular weight excluding hydrogens is 484 g/mol. The zero-order valence-electron chi connectivity index (χ0n) is 19.7. The van der Waals surface area contributed by atoms with Crippen molar-refractivity contribution in [3.8, 4) is 17.5 Å². The summed E-state index contributed by atoms with van der Waals surface area (Å²) in [4.78, 5) is 38.4. The van der Waals surface area contributed by atoms with E-state index in [0.717, 1.165) is 43.3 Å². The van der Waals surface area contributed by atoms with Crippen molar-refractivity contribution in [3.63, 3.8) is 0 Å². The average Bonchev–Trinajstić information content (AvgIpc) is 3.47. The maximum atomic E-state index is 11.8. The van der Waals surface area contributed by atoms with Gasteiger partial charge in [-0.3, -0.25) is 14.9 Å². The average molecular weight is 509 g/mol. The van der Waals surface area contributed by atoms with Gasteiger partial charge in [0.15, 0.2) is 5.82 Å². The van der Waals surface area contributed by atoms with Gasteiger partial charge in [0.25, 0.3) is 11.1 Å². The van der Waals surface area contributed by atoms with Gasteiger partial charge in [0.05, 0.1) is 11.0 Å². The molecular formula is C24H24N6O5S. The predicted molar refractivity (Wildman–Crippen MR) is 132 cm³/mol. The molecule has 0 atom stereocenters. The second-order valence-corrected chi connectivity index (χ2v) is 9.63. The molecule has 0 aliphatic carbocycles. The highest BCUT2D eigenvalue weighted by Gasteiger charge is 2.26. The highest BCUT2D eigenvalue weighted by Crippen LogP contribution is 2.29. The molecule has 5 rings (SSSR count). The Morgan fingerprint density at radius 1 is 1.17 bits per heavy atom. The summed E-state index contributed by atoms with van der Waals surface area (Å²) in [7, 11) is 0. The summed E-state index contributed by atoms with van der Waals surface area (Å²) in [5.74, 6) is 1.80. The van der Waals surface area contributed by atoms with E-state index in [2.05, 4.69) is 30.3 Å². The summed E-state index contributed by atoms with van der Waals surface area (Å²) in [5, 5.41) is 5.89. The van der Waals surface area contributed by atoms with Gasteiger partial charge in [0.1, 0.15) is 18.2 Å². The van der Waals surface area contributed by atoms with Crippen molar-refractivity contribution >= 4 is 35.0 Å². The molecule has 12 heteroatoms. The fraction of sp³-hybridized carbons (Fsp3) is 0.333. The van der Waals surface area contributed by atoms with Crippen molar-refractivity contribution in [2.75, 3.05) is 18.0 Å². The molecule has 2 fully saturated rings. The minimum absolute atomic E-state index is 0.00999. The molecule has 36 heavy (non-hydrogen) atoms. The third-order valence-corrected chi connectivity index (χ3v) is 6.40. The monoisotopic (exact) mass is 508 g/mol. The first-order valence-electron chi connectivity index (χ1n) is 11.5. The van der Waals surface area contributed by atoms with Crippen LogP contribution in [-0.2, 0) is 4.79 Å². The maximum Gasteiger partial charge on any atom is 0.324 e. The van der Waals surface area contributed by atoms with E-state index in [-0.39, 0.29) is 17.3 Å². The number of nitrogens with zero attached hydrogens (tertiary/aromatic N) is 5. The second kappa shape index (κ2) is 10.4. The van der Waals surface area contributed by atoms with E-state index in [0.29, 0.717) is 34.3 Å². The van der Waals surface area contributed by atoms with Gasteiger partial charge in [-0.15, -0.1) is 0 Å². The molecule has 2 saturated heterocycles. The van der Waals surface area contributed by atoms with Crippen LogP contribution in [0.15, 0.2) is 46.1 Å². The van der Waals surface area contributed by atoms with Gasteiger partial charge in [-0.2, -0.15) is 4.98 Å². The smallest absolute Gasteiger partial charge is 0.324 e. The molecule has 186 valence electrons. The van der Waals surface area contributed by atoms with Crippen LogP contribution >= 0.6 is 11.8 Å². The van der Waals surface area contributed by atoms with Crippen molar-refractivity contribution in [2.24, 2.45) is 0 Å². The summed E-state index contributed by atoms with van der Waals surface area (Å²) in [5.41, 5.74) is 0.721. The number of aromatic nitrogens is 4. The standard InChI is InChI=1S/C24H24N6O5S/c1-14(2)21-27-23(35-29-21)30-8-6-16(7-9-30)33-19-12-20(26-13-25-19)34-17-5-3-4-15(10-17)11-18-22(31)28-24(32)36-18/h3-5,10-14,16H,6-9H2,1-2H3,(H,28,31,32). The van der Waals surface area contributed by atoms with E-state index in [9.17, 15) is 9.59 Å². The quantitative estimate of drug-likeness (QED) is 0.462. The summed E-state index contributed by atoms with van der Waals surface area (Å²) in [6.45, 7) is 5.54. The minimum Gasteiger partial charge on any atom is -0.474 e. The first-order valence-corrected chi connectivity index (χ1v) is 12.3. The zero-order chi connectivity index (χ0) is 25.1. The number of imide groups is 1. The van der Waals surface area contributed by atoms with Crippen molar-refractivity contribution in [1.29, 1.82) is 0 Å². The molecule has 1 aromatic carbocycles. The lowest BCUT2D eigenvalue weighted by molar-refractivity contribution is -0.115. The number of nitrogens with one attached hydrogen (secondary N) is 1. The molecule has 0 unspecified atom stereocenters. The third kappa shape index (κ3) is 5.65. The molecule has 0 spiro atoms. The van der Waals surface area contributed by atoms with Gasteiger partial charge >= 0.3 is 6.01 Å². The number of rotatable bonds is 7. The fourth-order valence-electron chi connectivity index (χ4n) is 3.73. The van der Waals surface area contributed by atoms with Gasteiger partial charge in [-0.1, -0.05) is 31.1 Å². The van der Waals surface area contributed by atoms with Crippen LogP contribution in [0.3, 0.4) is 0 Å². The number of ether oxygens (including phenoxy) is 2. The van der Waals surface area contributed by atoms with E-state index >= 15 is 0 Å².